The molecule has 0 radical (unpaired) electrons. The average molecular weight is 658 g/mol. The fourth-order valence-corrected chi connectivity index (χ4v) is 9.41. The van der Waals surface area contributed by atoms with Gasteiger partial charge in [0.15, 0.2) is 11.6 Å². The molecule has 2 atom stereocenters. The van der Waals surface area contributed by atoms with E-state index in [9.17, 15) is 31.2 Å². The second-order valence-electron chi connectivity index (χ2n) is 11.0. The van der Waals surface area contributed by atoms with E-state index in [-0.39, 0.29) is 34.3 Å². The minimum atomic E-state index is -3.96. The van der Waals surface area contributed by atoms with E-state index in [1.54, 1.807) is 31.2 Å². The molecule has 2 N–H and O–H groups in total. The van der Waals surface area contributed by atoms with Crippen molar-refractivity contribution in [3.63, 3.8) is 0 Å². The molecule has 1 unspecified atom stereocenters. The first-order valence-electron chi connectivity index (χ1n) is 14.6. The van der Waals surface area contributed by atoms with Crippen LogP contribution in [0, 0.1) is 17.5 Å². The van der Waals surface area contributed by atoms with Crippen LogP contribution in [0.15, 0.2) is 76.5 Å². The summed E-state index contributed by atoms with van der Waals surface area (Å²) in [5, 5.41) is 6.00. The van der Waals surface area contributed by atoms with E-state index in [0.717, 1.165) is 29.0 Å². The van der Waals surface area contributed by atoms with E-state index in [2.05, 4.69) is 10.6 Å². The summed E-state index contributed by atoms with van der Waals surface area (Å²) >= 11 is 1.05. The van der Waals surface area contributed by atoms with Gasteiger partial charge in [0.05, 0.1) is 39.6 Å². The van der Waals surface area contributed by atoms with E-state index < -0.39 is 45.5 Å². The van der Waals surface area contributed by atoms with Crippen molar-refractivity contribution in [1.82, 2.24) is 14.9 Å². The number of rotatable bonds is 9. The molecule has 6 rings (SSSR count). The smallest absolute Gasteiger partial charge is 0.336 e. The predicted octanol–water partition coefficient (Wildman–Crippen LogP) is 5.25. The molecule has 1 aromatic heterocycles. The van der Waals surface area contributed by atoms with Gasteiger partial charge in [-0.2, -0.15) is 4.31 Å². The first-order valence-corrected chi connectivity index (χ1v) is 16.8. The molecule has 3 aromatic rings. The third-order valence-electron chi connectivity index (χ3n) is 8.19. The van der Waals surface area contributed by atoms with Crippen LogP contribution in [0.3, 0.4) is 0 Å². The molecule has 0 aliphatic carbocycles. The van der Waals surface area contributed by atoms with Crippen molar-refractivity contribution in [3.05, 3.63) is 115 Å². The summed E-state index contributed by atoms with van der Waals surface area (Å²) in [4.78, 5) is 27.5. The Kier molecular flexibility index (Phi) is 8.59. The Hall–Kier alpha value is -3.94. The number of esters is 1. The van der Waals surface area contributed by atoms with Crippen LogP contribution < -0.4 is 10.6 Å². The van der Waals surface area contributed by atoms with Gasteiger partial charge in [-0.1, -0.05) is 18.2 Å². The molecule has 8 nitrogen and oxygen atoms in total. The van der Waals surface area contributed by atoms with E-state index in [0.29, 0.717) is 54.1 Å². The summed E-state index contributed by atoms with van der Waals surface area (Å²) in [6, 6.07) is 12.2. The van der Waals surface area contributed by atoms with Gasteiger partial charge in [0, 0.05) is 23.7 Å². The van der Waals surface area contributed by atoms with E-state index in [1.807, 2.05) is 0 Å². The maximum absolute atomic E-state index is 14.0. The molecule has 13 heteroatoms. The molecule has 1 amide bonds. The first-order chi connectivity index (χ1) is 21.6. The number of hydrogen-bond donors (Lipinski definition) is 2. The van der Waals surface area contributed by atoms with Gasteiger partial charge in [0.2, 0.25) is 10.0 Å². The summed E-state index contributed by atoms with van der Waals surface area (Å²) in [5.41, 5.74) is 2.39. The molecule has 0 spiro atoms. The highest BCUT2D eigenvalue weighted by atomic mass is 32.2. The summed E-state index contributed by atoms with van der Waals surface area (Å²) in [5.74, 6) is -4.56. The summed E-state index contributed by atoms with van der Waals surface area (Å²) < 4.78 is 75.4. The highest BCUT2D eigenvalue weighted by molar-refractivity contribution is 7.93. The van der Waals surface area contributed by atoms with Gasteiger partial charge < -0.3 is 15.4 Å². The van der Waals surface area contributed by atoms with Crippen LogP contribution in [0.4, 0.5) is 13.2 Å². The van der Waals surface area contributed by atoms with Crippen molar-refractivity contribution >= 4 is 33.2 Å². The molecule has 1 fully saturated rings. The number of carbonyl (C=O) groups excluding carboxylic acids is 2. The number of ether oxygens (including phenoxy) is 1. The second-order valence-corrected chi connectivity index (χ2v) is 14.0. The number of carbonyl (C=O) groups is 2. The van der Waals surface area contributed by atoms with Crippen LogP contribution in [0.25, 0.3) is 0 Å². The van der Waals surface area contributed by atoms with Crippen molar-refractivity contribution in [3.8, 4) is 0 Å². The van der Waals surface area contributed by atoms with Crippen LogP contribution in [-0.2, 0) is 32.5 Å². The largest absolute Gasteiger partial charge is 0.463 e. The summed E-state index contributed by atoms with van der Waals surface area (Å²) in [6.07, 6.45) is 2.10. The quantitative estimate of drug-likeness (QED) is 0.305. The number of dihydropyridines is 1. The molecule has 4 heterocycles. The van der Waals surface area contributed by atoms with E-state index >= 15 is 0 Å². The van der Waals surface area contributed by atoms with E-state index in [1.165, 1.54) is 22.5 Å². The Morgan fingerprint density at radius 2 is 1.78 bits per heavy atom. The molecule has 0 bridgehead atoms. The highest BCUT2D eigenvalue weighted by Crippen LogP contribution is 2.51. The van der Waals surface area contributed by atoms with Crippen molar-refractivity contribution < 1.29 is 35.9 Å². The molecule has 0 saturated carbocycles. The Bertz CT molecular complexity index is 1840. The molecular weight excluding hydrogens is 627 g/mol. The fourth-order valence-electron chi connectivity index (χ4n) is 6.12. The number of amides is 1. The molecule has 45 heavy (non-hydrogen) atoms. The summed E-state index contributed by atoms with van der Waals surface area (Å²) in [6.45, 7) is 2.03. The minimum Gasteiger partial charge on any atom is -0.463 e. The van der Waals surface area contributed by atoms with Gasteiger partial charge in [0.1, 0.15) is 5.82 Å². The number of nitrogens with one attached hydrogen (secondary N) is 2. The lowest BCUT2D eigenvalue weighted by Gasteiger charge is -2.30. The number of aryl methyl sites for hydroxylation is 1. The topological polar surface area (TPSA) is 105 Å². The number of halogens is 3. The molecule has 236 valence electrons. The van der Waals surface area contributed by atoms with Crippen molar-refractivity contribution in [2.75, 3.05) is 13.2 Å². The maximum atomic E-state index is 14.0. The zero-order valence-corrected chi connectivity index (χ0v) is 25.9. The van der Waals surface area contributed by atoms with E-state index in [4.69, 9.17) is 4.74 Å². The number of nitrogens with zero attached hydrogens (tertiary/aromatic N) is 1. The van der Waals surface area contributed by atoms with Crippen LogP contribution in [-0.4, -0.2) is 43.8 Å². The first kappa shape index (κ1) is 31.1. The number of benzene rings is 2. The number of thiophene rings is 1. The standard InChI is InChI=1S/C32H30F3N3O5S2/c1-2-43-32(40)27-23(12-8-18-5-9-20(33)10-6-18)37-29-24-4-3-15-38(24)45(41,42)30(29)28(27)25-13-14-26(44-25)31(39)36-17-19-7-11-21(34)22(35)16-19/h5-7,9-11,13-14,16,24,28,37H,2-4,8,12,15,17H2,1H3,(H,36,39)/t24-,28?/m0/s1. The van der Waals surface area contributed by atoms with Crippen molar-refractivity contribution in [2.24, 2.45) is 0 Å². The van der Waals surface area contributed by atoms with Crippen LogP contribution in [0.2, 0.25) is 0 Å². The minimum absolute atomic E-state index is 0.0571. The normalized spacial score (nSPS) is 20.5. The SMILES string of the molecule is CCOC(=O)C1=C(CCc2ccc(F)cc2)NC2=C(C1c1ccc(C(=O)NCc3ccc(F)c(F)c3)s1)S(=O)(=O)N1CCC[C@@H]21. The maximum Gasteiger partial charge on any atom is 0.336 e. The van der Waals surface area contributed by atoms with Gasteiger partial charge >= 0.3 is 5.97 Å². The number of fused-ring (bicyclic) bond motifs is 2. The molecular formula is C32H30F3N3O5S2. The third-order valence-corrected chi connectivity index (χ3v) is 11.4. The number of allylic oxidation sites excluding steroid dienone is 2. The lowest BCUT2D eigenvalue weighted by atomic mass is 9.87. The Balaban J connectivity index is 1.37. The Morgan fingerprint density at radius 3 is 2.51 bits per heavy atom. The van der Waals surface area contributed by atoms with Gasteiger partial charge in [-0.05, 0) is 80.1 Å². The van der Waals surface area contributed by atoms with Crippen molar-refractivity contribution in [1.29, 1.82) is 0 Å². The zero-order chi connectivity index (χ0) is 31.9. The zero-order valence-electron chi connectivity index (χ0n) is 24.2. The molecule has 3 aliphatic rings. The lowest BCUT2D eigenvalue weighted by Crippen LogP contribution is -2.33. The molecule has 1 saturated heterocycles. The van der Waals surface area contributed by atoms with Crippen LogP contribution in [0.1, 0.15) is 57.8 Å². The summed E-state index contributed by atoms with van der Waals surface area (Å²) in [7, 11) is -3.96. The molecule has 2 aromatic carbocycles. The number of hydrogen-bond acceptors (Lipinski definition) is 7. The second kappa shape index (κ2) is 12.5. The highest BCUT2D eigenvalue weighted by Gasteiger charge is 2.54. The molecule has 3 aliphatic heterocycles. The van der Waals surface area contributed by atoms with Gasteiger partial charge in [-0.3, -0.25) is 4.79 Å². The Morgan fingerprint density at radius 1 is 1.02 bits per heavy atom. The van der Waals surface area contributed by atoms with Gasteiger partial charge in [0.25, 0.3) is 5.91 Å². The monoisotopic (exact) mass is 657 g/mol. The average Bonchev–Trinajstić information content (AvgIpc) is 3.75. The number of sulfonamides is 1. The van der Waals surface area contributed by atoms with Gasteiger partial charge in [-0.25, -0.2) is 26.4 Å². The van der Waals surface area contributed by atoms with Crippen molar-refractivity contribution in [2.45, 2.75) is 51.1 Å². The lowest BCUT2D eigenvalue weighted by molar-refractivity contribution is -0.138. The van der Waals surface area contributed by atoms with Crippen LogP contribution in [0.5, 0.6) is 0 Å². The predicted molar refractivity (Wildman–Crippen MR) is 162 cm³/mol. The van der Waals surface area contributed by atoms with Crippen LogP contribution >= 0.6 is 11.3 Å². The fraction of sp³-hybridized carbons (Fsp3) is 0.312. The Labute approximate surface area is 262 Å². The third kappa shape index (κ3) is 5.91. The van der Waals surface area contributed by atoms with Gasteiger partial charge in [-0.15, -0.1) is 11.3 Å².